The Labute approximate surface area is 191 Å². The molecule has 3 amide bonds. The van der Waals surface area contributed by atoms with Gasteiger partial charge in [-0.15, -0.1) is 0 Å². The molecule has 0 aliphatic carbocycles. The van der Waals surface area contributed by atoms with Crippen LogP contribution in [0.5, 0.6) is 0 Å². The molecular weight excluding hydrogens is 428 g/mol. The van der Waals surface area contributed by atoms with Gasteiger partial charge in [0.05, 0.1) is 17.9 Å². The first-order valence-electron chi connectivity index (χ1n) is 10.0. The van der Waals surface area contributed by atoms with Gasteiger partial charge in [-0.3, -0.25) is 14.4 Å². The molecule has 0 bridgehead atoms. The smallest absolute Gasteiger partial charge is 0.272 e. The number of fused-ring (bicyclic) bond motifs is 1. The lowest BCUT2D eigenvalue weighted by Crippen LogP contribution is -2.55. The maximum absolute atomic E-state index is 13.5. The van der Waals surface area contributed by atoms with Crippen molar-refractivity contribution in [1.82, 2.24) is 10.2 Å². The molecule has 1 heterocycles. The Kier molecular flexibility index (Phi) is 7.42. The summed E-state index contributed by atoms with van der Waals surface area (Å²) in [5.41, 5.74) is 2.49. The Bertz CT molecular complexity index is 1060. The van der Waals surface area contributed by atoms with Gasteiger partial charge >= 0.3 is 0 Å². The summed E-state index contributed by atoms with van der Waals surface area (Å²) in [5.74, 6) is -1.37. The molecule has 3 rings (SSSR count). The highest BCUT2D eigenvalue weighted by Crippen LogP contribution is 2.29. The molecule has 2 atom stereocenters. The first kappa shape index (κ1) is 23.2. The maximum Gasteiger partial charge on any atom is 0.272 e. The molecule has 32 heavy (non-hydrogen) atoms. The number of carbonyl (C=O) groups excluding carboxylic acids is 4. The Morgan fingerprint density at radius 2 is 1.84 bits per heavy atom. The third-order valence-electron chi connectivity index (χ3n) is 5.07. The van der Waals surface area contributed by atoms with Crippen LogP contribution in [0.2, 0.25) is 0 Å². The minimum absolute atomic E-state index is 0.0528. The quantitative estimate of drug-likeness (QED) is 0.489. The molecule has 0 fully saturated rings. The van der Waals surface area contributed by atoms with Gasteiger partial charge in [-0.1, -0.05) is 48.5 Å². The lowest BCUT2D eigenvalue weighted by atomic mass is 10.0. The van der Waals surface area contributed by atoms with Gasteiger partial charge in [0.25, 0.3) is 5.91 Å². The van der Waals surface area contributed by atoms with E-state index in [0.717, 1.165) is 5.56 Å². The largest absolute Gasteiger partial charge is 0.344 e. The SMILES string of the molecule is CC(=O)NC(CS)C(=O)N(C)C1N=C(c2ccccc2)c2ccccc2N(CC=O)C1=O. The number of likely N-dealkylation sites (N-methyl/N-ethyl adjacent to an activating group) is 1. The number of aliphatic imine (C=N–C) groups is 1. The van der Waals surface area contributed by atoms with Crippen LogP contribution < -0.4 is 10.2 Å². The number of hydrogen-bond donors (Lipinski definition) is 2. The van der Waals surface area contributed by atoms with E-state index in [0.29, 0.717) is 23.2 Å². The highest BCUT2D eigenvalue weighted by atomic mass is 32.1. The molecule has 2 aromatic carbocycles. The number of nitrogens with one attached hydrogen (secondary N) is 1. The van der Waals surface area contributed by atoms with Gasteiger partial charge < -0.3 is 19.9 Å². The average Bonchev–Trinajstić information content (AvgIpc) is 2.92. The summed E-state index contributed by atoms with van der Waals surface area (Å²) in [7, 11) is 1.45. The van der Waals surface area contributed by atoms with Gasteiger partial charge in [0.2, 0.25) is 18.0 Å². The van der Waals surface area contributed by atoms with Crippen LogP contribution in [0.4, 0.5) is 5.69 Å². The van der Waals surface area contributed by atoms with Gasteiger partial charge in [0.1, 0.15) is 12.3 Å². The fraction of sp³-hybridized carbons (Fsp3) is 0.261. The number of amides is 3. The summed E-state index contributed by atoms with van der Waals surface area (Å²) in [6, 6.07) is 15.5. The van der Waals surface area contributed by atoms with Crippen molar-refractivity contribution in [3.63, 3.8) is 0 Å². The normalized spacial score (nSPS) is 16.3. The summed E-state index contributed by atoms with van der Waals surface area (Å²) in [6.07, 6.45) is -0.601. The fourth-order valence-electron chi connectivity index (χ4n) is 3.55. The number of carbonyl (C=O) groups is 4. The number of rotatable bonds is 7. The molecule has 1 N–H and O–H groups in total. The molecule has 9 heteroatoms. The topological polar surface area (TPSA) is 99.2 Å². The first-order chi connectivity index (χ1) is 15.4. The molecule has 166 valence electrons. The van der Waals surface area contributed by atoms with Crippen molar-refractivity contribution in [2.45, 2.75) is 19.1 Å². The second-order valence-electron chi connectivity index (χ2n) is 7.23. The molecule has 0 saturated carbocycles. The van der Waals surface area contributed by atoms with E-state index in [1.807, 2.05) is 42.5 Å². The average molecular weight is 453 g/mol. The van der Waals surface area contributed by atoms with Crippen LogP contribution in [0.1, 0.15) is 18.1 Å². The van der Waals surface area contributed by atoms with Gasteiger partial charge in [0, 0.05) is 30.9 Å². The van der Waals surface area contributed by atoms with E-state index < -0.39 is 24.0 Å². The van der Waals surface area contributed by atoms with Crippen molar-refractivity contribution in [1.29, 1.82) is 0 Å². The summed E-state index contributed by atoms with van der Waals surface area (Å²) in [4.78, 5) is 56.7. The van der Waals surface area contributed by atoms with Crippen LogP contribution in [0.3, 0.4) is 0 Å². The second-order valence-corrected chi connectivity index (χ2v) is 7.60. The van der Waals surface area contributed by atoms with Crippen LogP contribution in [0, 0.1) is 0 Å². The molecule has 0 spiro atoms. The van der Waals surface area contributed by atoms with Crippen LogP contribution in [-0.4, -0.2) is 66.2 Å². The Morgan fingerprint density at radius 3 is 2.47 bits per heavy atom. The third kappa shape index (κ3) is 4.72. The number of nitrogens with zero attached hydrogens (tertiary/aromatic N) is 3. The van der Waals surface area contributed by atoms with E-state index in [2.05, 4.69) is 17.9 Å². The Morgan fingerprint density at radius 1 is 1.19 bits per heavy atom. The van der Waals surface area contributed by atoms with E-state index in [1.165, 1.54) is 23.8 Å². The molecule has 1 aliphatic heterocycles. The third-order valence-corrected chi connectivity index (χ3v) is 5.43. The number of anilines is 1. The monoisotopic (exact) mass is 452 g/mol. The summed E-state index contributed by atoms with van der Waals surface area (Å²) < 4.78 is 0. The van der Waals surface area contributed by atoms with Crippen molar-refractivity contribution in [3.8, 4) is 0 Å². The predicted octanol–water partition coefficient (Wildman–Crippen LogP) is 1.29. The molecule has 1 aliphatic rings. The van der Waals surface area contributed by atoms with Gasteiger partial charge in [-0.05, 0) is 6.07 Å². The number of aldehydes is 1. The van der Waals surface area contributed by atoms with Gasteiger partial charge in [0.15, 0.2) is 0 Å². The zero-order valence-corrected chi connectivity index (χ0v) is 18.7. The summed E-state index contributed by atoms with van der Waals surface area (Å²) in [5, 5.41) is 2.54. The number of para-hydroxylation sites is 1. The molecule has 2 aromatic rings. The zero-order chi connectivity index (χ0) is 23.3. The molecule has 0 radical (unpaired) electrons. The summed E-state index contributed by atoms with van der Waals surface area (Å²) in [6.45, 7) is 1.11. The number of benzene rings is 2. The van der Waals surface area contributed by atoms with Crippen molar-refractivity contribution in [2.75, 3.05) is 24.2 Å². The van der Waals surface area contributed by atoms with Crippen LogP contribution in [0.25, 0.3) is 0 Å². The van der Waals surface area contributed by atoms with Crippen molar-refractivity contribution < 1.29 is 19.2 Å². The molecule has 0 saturated heterocycles. The lowest BCUT2D eigenvalue weighted by Gasteiger charge is -2.30. The van der Waals surface area contributed by atoms with Gasteiger partial charge in [-0.25, -0.2) is 4.99 Å². The van der Waals surface area contributed by atoms with Gasteiger partial charge in [-0.2, -0.15) is 12.6 Å². The zero-order valence-electron chi connectivity index (χ0n) is 17.8. The minimum atomic E-state index is -1.24. The summed E-state index contributed by atoms with van der Waals surface area (Å²) >= 11 is 4.16. The maximum atomic E-state index is 13.5. The molecule has 8 nitrogen and oxygen atoms in total. The van der Waals surface area contributed by atoms with E-state index in [9.17, 15) is 19.2 Å². The number of hydrogen-bond acceptors (Lipinski definition) is 6. The van der Waals surface area contributed by atoms with E-state index >= 15 is 0 Å². The minimum Gasteiger partial charge on any atom is -0.344 e. The van der Waals surface area contributed by atoms with Crippen molar-refractivity contribution in [3.05, 3.63) is 65.7 Å². The molecular formula is C23H24N4O4S. The van der Waals surface area contributed by atoms with Crippen LogP contribution >= 0.6 is 12.6 Å². The Balaban J connectivity index is 2.14. The second kappa shape index (κ2) is 10.2. The molecule has 2 unspecified atom stereocenters. The van der Waals surface area contributed by atoms with E-state index in [4.69, 9.17) is 4.99 Å². The standard InChI is InChI=1S/C23H24N4O4S/c1-15(29)24-18(14-32)22(30)26(2)21-23(31)27(12-13-28)19-11-7-6-10-17(19)20(25-21)16-8-4-3-5-9-16/h3-11,13,18,21,32H,12,14H2,1-2H3,(H,24,29). The number of benzodiazepines with no additional fused rings is 1. The molecule has 0 aromatic heterocycles. The van der Waals surface area contributed by atoms with Crippen LogP contribution in [-0.2, 0) is 19.2 Å². The highest BCUT2D eigenvalue weighted by molar-refractivity contribution is 7.80. The van der Waals surface area contributed by atoms with Crippen molar-refractivity contribution in [2.24, 2.45) is 4.99 Å². The van der Waals surface area contributed by atoms with E-state index in [1.54, 1.807) is 12.1 Å². The van der Waals surface area contributed by atoms with Crippen molar-refractivity contribution >= 4 is 48.0 Å². The highest BCUT2D eigenvalue weighted by Gasteiger charge is 2.37. The predicted molar refractivity (Wildman–Crippen MR) is 125 cm³/mol. The van der Waals surface area contributed by atoms with Crippen LogP contribution in [0.15, 0.2) is 59.6 Å². The lowest BCUT2D eigenvalue weighted by molar-refractivity contribution is -0.140. The Hall–Kier alpha value is -3.46. The first-order valence-corrected chi connectivity index (χ1v) is 10.6. The fourth-order valence-corrected chi connectivity index (χ4v) is 3.80. The van der Waals surface area contributed by atoms with E-state index in [-0.39, 0.29) is 18.2 Å². The number of thiol groups is 1.